The van der Waals surface area contributed by atoms with Crippen molar-refractivity contribution in [2.75, 3.05) is 20.1 Å². The molecule has 1 N–H and O–H groups in total. The van der Waals surface area contributed by atoms with E-state index in [0.717, 1.165) is 13.1 Å². The van der Waals surface area contributed by atoms with Crippen LogP contribution in [0.1, 0.15) is 43.9 Å². The van der Waals surface area contributed by atoms with E-state index < -0.39 is 0 Å². The van der Waals surface area contributed by atoms with Crippen LogP contribution in [0.5, 0.6) is 0 Å². The van der Waals surface area contributed by atoms with Crippen molar-refractivity contribution in [3.8, 4) is 0 Å². The van der Waals surface area contributed by atoms with E-state index in [2.05, 4.69) is 65.2 Å². The summed E-state index contributed by atoms with van der Waals surface area (Å²) in [7, 11) is 2.22. The van der Waals surface area contributed by atoms with Crippen molar-refractivity contribution in [1.82, 2.24) is 10.2 Å². The molecule has 2 unspecified atom stereocenters. The van der Waals surface area contributed by atoms with Crippen molar-refractivity contribution < 1.29 is 0 Å². The number of benzene rings is 1. The highest BCUT2D eigenvalue weighted by atomic mass is 79.9. The highest BCUT2D eigenvalue weighted by Crippen LogP contribution is 2.32. The summed E-state index contributed by atoms with van der Waals surface area (Å²) in [5, 5.41) is 3.71. The van der Waals surface area contributed by atoms with E-state index in [0.29, 0.717) is 12.1 Å². The van der Waals surface area contributed by atoms with E-state index in [9.17, 15) is 0 Å². The van der Waals surface area contributed by atoms with Gasteiger partial charge in [0.05, 0.1) is 0 Å². The first kappa shape index (κ1) is 15.0. The fourth-order valence-electron chi connectivity index (χ4n) is 2.75. The fourth-order valence-corrected chi connectivity index (χ4v) is 3.15. The first-order valence-corrected chi connectivity index (χ1v) is 8.13. The van der Waals surface area contributed by atoms with Crippen LogP contribution in [0.15, 0.2) is 22.7 Å². The number of fused-ring (bicyclic) bond motifs is 1. The normalized spacial score (nSPS) is 19.7. The first-order chi connectivity index (χ1) is 9.11. The molecule has 2 nitrogen and oxygen atoms in total. The van der Waals surface area contributed by atoms with Crippen molar-refractivity contribution in [2.45, 2.75) is 45.2 Å². The zero-order valence-electron chi connectivity index (χ0n) is 12.2. The lowest BCUT2D eigenvalue weighted by Crippen LogP contribution is -2.35. The number of hydrogen-bond donors (Lipinski definition) is 1. The molecule has 106 valence electrons. The summed E-state index contributed by atoms with van der Waals surface area (Å²) in [6, 6.07) is 7.91. The molecular formula is C16H25BrN2. The minimum absolute atomic E-state index is 0.549. The van der Waals surface area contributed by atoms with Gasteiger partial charge in [-0.15, -0.1) is 0 Å². The van der Waals surface area contributed by atoms with Crippen LogP contribution in [0.3, 0.4) is 0 Å². The molecule has 0 bridgehead atoms. The van der Waals surface area contributed by atoms with Crippen molar-refractivity contribution in [2.24, 2.45) is 0 Å². The molecule has 3 heteroatoms. The van der Waals surface area contributed by atoms with Crippen LogP contribution < -0.4 is 5.32 Å². The highest BCUT2D eigenvalue weighted by molar-refractivity contribution is 9.10. The van der Waals surface area contributed by atoms with Gasteiger partial charge in [-0.2, -0.15) is 0 Å². The second-order valence-electron chi connectivity index (χ2n) is 5.63. The Bertz CT molecular complexity index is 419. The third kappa shape index (κ3) is 3.80. The number of hydrogen-bond acceptors (Lipinski definition) is 2. The summed E-state index contributed by atoms with van der Waals surface area (Å²) in [5.74, 6) is 0. The van der Waals surface area contributed by atoms with Crippen LogP contribution in [0, 0.1) is 0 Å². The molecular weight excluding hydrogens is 300 g/mol. The maximum Gasteiger partial charge on any atom is 0.0326 e. The van der Waals surface area contributed by atoms with Gasteiger partial charge in [-0.05, 0) is 56.5 Å². The molecule has 0 saturated heterocycles. The van der Waals surface area contributed by atoms with E-state index in [1.54, 1.807) is 0 Å². The minimum Gasteiger partial charge on any atom is -0.309 e. The summed E-state index contributed by atoms with van der Waals surface area (Å²) in [6.07, 6.45) is 3.66. The summed E-state index contributed by atoms with van der Waals surface area (Å²) >= 11 is 3.55. The number of aryl methyl sites for hydroxylation is 1. The lowest BCUT2D eigenvalue weighted by Gasteiger charge is -2.24. The second-order valence-corrected chi connectivity index (χ2v) is 6.54. The lowest BCUT2D eigenvalue weighted by molar-refractivity contribution is 0.248. The molecule has 2 atom stereocenters. The molecule has 0 heterocycles. The van der Waals surface area contributed by atoms with Gasteiger partial charge in [0.1, 0.15) is 0 Å². The first-order valence-electron chi connectivity index (χ1n) is 7.33. The van der Waals surface area contributed by atoms with Gasteiger partial charge in [-0.25, -0.2) is 0 Å². The van der Waals surface area contributed by atoms with Crippen LogP contribution >= 0.6 is 15.9 Å². The van der Waals surface area contributed by atoms with Crippen LogP contribution in [-0.2, 0) is 6.42 Å². The molecule has 0 amide bonds. The van der Waals surface area contributed by atoms with E-state index in [1.165, 1.54) is 34.9 Å². The van der Waals surface area contributed by atoms with Crippen molar-refractivity contribution in [3.05, 3.63) is 33.8 Å². The number of nitrogens with zero attached hydrogens (tertiary/aromatic N) is 1. The maximum absolute atomic E-state index is 3.71. The van der Waals surface area contributed by atoms with Gasteiger partial charge >= 0.3 is 0 Å². The molecule has 0 saturated carbocycles. The summed E-state index contributed by atoms with van der Waals surface area (Å²) in [6.45, 7) is 6.74. The van der Waals surface area contributed by atoms with Crippen molar-refractivity contribution in [3.63, 3.8) is 0 Å². The average Bonchev–Trinajstić information content (AvgIpc) is 2.80. The predicted molar refractivity (Wildman–Crippen MR) is 85.6 cm³/mol. The van der Waals surface area contributed by atoms with Gasteiger partial charge in [0.15, 0.2) is 0 Å². The van der Waals surface area contributed by atoms with E-state index >= 15 is 0 Å². The van der Waals surface area contributed by atoms with Gasteiger partial charge in [-0.1, -0.05) is 28.9 Å². The quantitative estimate of drug-likeness (QED) is 0.857. The lowest BCUT2D eigenvalue weighted by atomic mass is 10.1. The van der Waals surface area contributed by atoms with E-state index in [-0.39, 0.29) is 0 Å². The van der Waals surface area contributed by atoms with Crippen molar-refractivity contribution >= 4 is 15.9 Å². The summed E-state index contributed by atoms with van der Waals surface area (Å²) < 4.78 is 1.20. The monoisotopic (exact) mass is 324 g/mol. The molecule has 0 aromatic heterocycles. The van der Waals surface area contributed by atoms with Gasteiger partial charge in [0, 0.05) is 29.6 Å². The van der Waals surface area contributed by atoms with Gasteiger partial charge in [-0.3, -0.25) is 0 Å². The Labute approximate surface area is 125 Å². The molecule has 1 aromatic carbocycles. The standard InChI is InChI=1S/C16H25BrN2/c1-4-12(2)19(3)10-9-18-16-8-5-13-11-14(17)6-7-15(13)16/h6-7,11-12,16,18H,4-5,8-10H2,1-3H3. The number of rotatable bonds is 6. The number of halogens is 1. The average molecular weight is 325 g/mol. The molecule has 0 fully saturated rings. The zero-order valence-corrected chi connectivity index (χ0v) is 13.8. The number of nitrogens with one attached hydrogen (secondary N) is 1. The molecule has 1 aliphatic rings. The predicted octanol–water partition coefficient (Wildman–Crippen LogP) is 3.76. The molecule has 0 spiro atoms. The summed E-state index contributed by atoms with van der Waals surface area (Å²) in [4.78, 5) is 2.43. The Kier molecular flexibility index (Phi) is 5.43. The number of likely N-dealkylation sites (N-methyl/N-ethyl adjacent to an activating group) is 1. The van der Waals surface area contributed by atoms with E-state index in [1.807, 2.05) is 0 Å². The van der Waals surface area contributed by atoms with Crippen LogP contribution in [0.25, 0.3) is 0 Å². The van der Waals surface area contributed by atoms with Crippen molar-refractivity contribution in [1.29, 1.82) is 0 Å². The Hall–Kier alpha value is -0.380. The second kappa shape index (κ2) is 6.87. The van der Waals surface area contributed by atoms with Crippen LogP contribution in [-0.4, -0.2) is 31.1 Å². The third-order valence-electron chi connectivity index (χ3n) is 4.38. The highest BCUT2D eigenvalue weighted by Gasteiger charge is 2.21. The zero-order chi connectivity index (χ0) is 13.8. The molecule has 2 rings (SSSR count). The molecule has 0 radical (unpaired) electrons. The fraction of sp³-hybridized carbons (Fsp3) is 0.625. The topological polar surface area (TPSA) is 15.3 Å². The molecule has 0 aliphatic heterocycles. The minimum atomic E-state index is 0.549. The summed E-state index contributed by atoms with van der Waals surface area (Å²) in [5.41, 5.74) is 3.00. The van der Waals surface area contributed by atoms with Gasteiger partial charge in [0.2, 0.25) is 0 Å². The van der Waals surface area contributed by atoms with Gasteiger partial charge in [0.25, 0.3) is 0 Å². The Morgan fingerprint density at radius 1 is 1.47 bits per heavy atom. The largest absolute Gasteiger partial charge is 0.309 e. The molecule has 19 heavy (non-hydrogen) atoms. The van der Waals surface area contributed by atoms with Gasteiger partial charge < -0.3 is 10.2 Å². The van der Waals surface area contributed by atoms with E-state index in [4.69, 9.17) is 0 Å². The van der Waals surface area contributed by atoms with Crippen LogP contribution in [0.2, 0.25) is 0 Å². The Morgan fingerprint density at radius 2 is 2.26 bits per heavy atom. The molecule has 1 aromatic rings. The SMILES string of the molecule is CCC(C)N(C)CCNC1CCc2cc(Br)ccc21. The maximum atomic E-state index is 3.71. The Morgan fingerprint density at radius 3 is 3.00 bits per heavy atom. The smallest absolute Gasteiger partial charge is 0.0326 e. The third-order valence-corrected chi connectivity index (χ3v) is 4.87. The Balaban J connectivity index is 1.83. The molecule has 1 aliphatic carbocycles. The van der Waals surface area contributed by atoms with Crippen LogP contribution in [0.4, 0.5) is 0 Å².